The first-order valence-electron chi connectivity index (χ1n) is 5.02. The van der Waals surface area contributed by atoms with Crippen molar-refractivity contribution in [3.63, 3.8) is 0 Å². The van der Waals surface area contributed by atoms with Gasteiger partial charge in [0.25, 0.3) is 5.69 Å². The fourth-order valence-electron chi connectivity index (χ4n) is 1.26. The van der Waals surface area contributed by atoms with Crippen LogP contribution in [0, 0.1) is 10.1 Å². The van der Waals surface area contributed by atoms with E-state index in [0.29, 0.717) is 16.6 Å². The molecule has 98 valence electrons. The Morgan fingerprint density at radius 1 is 1.61 bits per heavy atom. The number of halogens is 1. The summed E-state index contributed by atoms with van der Waals surface area (Å²) in [6.45, 7) is 0.289. The highest BCUT2D eigenvalue weighted by Gasteiger charge is 2.13. The Morgan fingerprint density at radius 2 is 2.28 bits per heavy atom. The van der Waals surface area contributed by atoms with Crippen LogP contribution in [0.25, 0.3) is 0 Å². The molecule has 18 heavy (non-hydrogen) atoms. The molecule has 0 heterocycles. The second-order valence-corrected chi connectivity index (χ2v) is 4.45. The van der Waals surface area contributed by atoms with Crippen LogP contribution in [0.1, 0.15) is 5.56 Å². The van der Waals surface area contributed by atoms with Crippen LogP contribution < -0.4 is 11.1 Å². The Kier molecular flexibility index (Phi) is 5.20. The molecule has 1 aromatic rings. The minimum absolute atomic E-state index is 0.000799. The lowest BCUT2D eigenvalue weighted by Crippen LogP contribution is -2.37. The third-order valence-electron chi connectivity index (χ3n) is 2.20. The molecule has 0 aliphatic rings. The van der Waals surface area contributed by atoms with E-state index >= 15 is 0 Å². The van der Waals surface area contributed by atoms with E-state index in [1.54, 1.807) is 12.1 Å². The zero-order valence-electron chi connectivity index (χ0n) is 9.30. The van der Waals surface area contributed by atoms with Crippen molar-refractivity contribution >= 4 is 27.5 Å². The number of aliphatic hydroxyl groups is 1. The minimum atomic E-state index is -1.27. The number of benzene rings is 1. The van der Waals surface area contributed by atoms with Crippen LogP contribution in [0.2, 0.25) is 0 Å². The number of nitro benzene ring substituents is 1. The molecule has 0 aliphatic heterocycles. The highest BCUT2D eigenvalue weighted by molar-refractivity contribution is 9.10. The van der Waals surface area contributed by atoms with Crippen molar-refractivity contribution in [1.29, 1.82) is 0 Å². The number of rotatable bonds is 6. The molecule has 1 amide bonds. The monoisotopic (exact) mass is 317 g/mol. The Bertz CT molecular complexity index is 466. The van der Waals surface area contributed by atoms with Gasteiger partial charge >= 0.3 is 0 Å². The summed E-state index contributed by atoms with van der Waals surface area (Å²) in [4.78, 5) is 20.8. The van der Waals surface area contributed by atoms with Crippen LogP contribution in [-0.2, 0) is 11.3 Å². The first-order valence-corrected chi connectivity index (χ1v) is 5.82. The van der Waals surface area contributed by atoms with Gasteiger partial charge in [0, 0.05) is 19.2 Å². The number of nitro groups is 1. The summed E-state index contributed by atoms with van der Waals surface area (Å²) in [6.07, 6.45) is -1.27. The van der Waals surface area contributed by atoms with Gasteiger partial charge in [0.1, 0.15) is 6.10 Å². The largest absolute Gasteiger partial charge is 0.382 e. The molecule has 1 rings (SSSR count). The molecule has 7 nitrogen and oxygen atoms in total. The minimum Gasteiger partial charge on any atom is -0.382 e. The van der Waals surface area contributed by atoms with E-state index in [0.717, 1.165) is 0 Å². The molecule has 0 fully saturated rings. The van der Waals surface area contributed by atoms with Gasteiger partial charge in [0.2, 0.25) is 5.91 Å². The van der Waals surface area contributed by atoms with Crippen molar-refractivity contribution in [2.75, 3.05) is 6.54 Å². The molecule has 0 radical (unpaired) electrons. The number of nitrogens with zero attached hydrogens (tertiary/aromatic N) is 1. The fraction of sp³-hybridized carbons (Fsp3) is 0.300. The number of nitrogens with one attached hydrogen (secondary N) is 1. The highest BCUT2D eigenvalue weighted by atomic mass is 79.9. The number of amides is 1. The maximum Gasteiger partial charge on any atom is 0.283 e. The molecule has 0 spiro atoms. The van der Waals surface area contributed by atoms with Crippen molar-refractivity contribution in [3.05, 3.63) is 38.3 Å². The molecule has 0 aliphatic carbocycles. The Hall–Kier alpha value is -1.51. The van der Waals surface area contributed by atoms with E-state index in [1.165, 1.54) is 6.07 Å². The lowest BCUT2D eigenvalue weighted by Gasteiger charge is -2.08. The number of hydrogen-bond acceptors (Lipinski definition) is 5. The van der Waals surface area contributed by atoms with Gasteiger partial charge in [-0.2, -0.15) is 0 Å². The average molecular weight is 318 g/mol. The molecule has 1 unspecified atom stereocenters. The van der Waals surface area contributed by atoms with Gasteiger partial charge in [-0.3, -0.25) is 14.9 Å². The van der Waals surface area contributed by atoms with E-state index in [2.05, 4.69) is 21.2 Å². The molecule has 8 heteroatoms. The van der Waals surface area contributed by atoms with E-state index in [1.807, 2.05) is 0 Å². The van der Waals surface area contributed by atoms with E-state index in [9.17, 15) is 14.9 Å². The molecular weight excluding hydrogens is 306 g/mol. The Morgan fingerprint density at radius 3 is 2.83 bits per heavy atom. The van der Waals surface area contributed by atoms with Crippen molar-refractivity contribution in [2.24, 2.45) is 5.73 Å². The van der Waals surface area contributed by atoms with Crippen molar-refractivity contribution in [1.82, 2.24) is 5.32 Å². The van der Waals surface area contributed by atoms with Crippen LogP contribution in [0.3, 0.4) is 0 Å². The predicted molar refractivity (Wildman–Crippen MR) is 67.7 cm³/mol. The van der Waals surface area contributed by atoms with Crippen LogP contribution in [0.15, 0.2) is 22.7 Å². The zero-order chi connectivity index (χ0) is 13.7. The number of carbonyl (C=O) groups is 1. The molecule has 0 saturated heterocycles. The topological polar surface area (TPSA) is 118 Å². The number of nitrogens with two attached hydrogens (primary N) is 1. The molecule has 0 saturated carbocycles. The van der Waals surface area contributed by atoms with Crippen LogP contribution >= 0.6 is 15.9 Å². The third kappa shape index (κ3) is 4.06. The van der Waals surface area contributed by atoms with Gasteiger partial charge in [-0.25, -0.2) is 0 Å². The number of hydrogen-bond donors (Lipinski definition) is 3. The zero-order valence-corrected chi connectivity index (χ0v) is 10.9. The van der Waals surface area contributed by atoms with Gasteiger partial charge in [0.05, 0.1) is 9.40 Å². The lowest BCUT2D eigenvalue weighted by molar-refractivity contribution is -0.385. The van der Waals surface area contributed by atoms with Gasteiger partial charge in [-0.05, 0) is 27.6 Å². The first-order chi connectivity index (χ1) is 8.41. The molecular formula is C10H12BrN3O4. The number of carbonyl (C=O) groups excluding carboxylic acids is 1. The summed E-state index contributed by atoms with van der Waals surface area (Å²) in [5.41, 5.74) is 5.51. The van der Waals surface area contributed by atoms with E-state index in [-0.39, 0.29) is 12.2 Å². The standard InChI is InChI=1S/C10H12BrN3O4/c11-7-2-1-6(3-8(7)14(17)18)4-13-5-9(15)10(12)16/h1-3,9,13,15H,4-5H2,(H2,12,16). The van der Waals surface area contributed by atoms with E-state index in [4.69, 9.17) is 10.8 Å². The quantitative estimate of drug-likeness (QED) is 0.515. The second-order valence-electron chi connectivity index (χ2n) is 3.59. The highest BCUT2D eigenvalue weighted by Crippen LogP contribution is 2.25. The predicted octanol–water partition coefficient (Wildman–Crippen LogP) is 0.293. The van der Waals surface area contributed by atoms with Gasteiger partial charge in [0.15, 0.2) is 0 Å². The summed E-state index contributed by atoms with van der Waals surface area (Å²) >= 11 is 3.08. The molecule has 0 bridgehead atoms. The van der Waals surface area contributed by atoms with Crippen LogP contribution in [0.5, 0.6) is 0 Å². The third-order valence-corrected chi connectivity index (χ3v) is 2.87. The summed E-state index contributed by atoms with van der Waals surface area (Å²) in [6, 6.07) is 4.67. The average Bonchev–Trinajstić information content (AvgIpc) is 2.30. The summed E-state index contributed by atoms with van der Waals surface area (Å²) in [7, 11) is 0. The SMILES string of the molecule is NC(=O)C(O)CNCc1ccc(Br)c([N+](=O)[O-])c1. The lowest BCUT2D eigenvalue weighted by atomic mass is 10.2. The normalized spacial score (nSPS) is 12.1. The van der Waals surface area contributed by atoms with Gasteiger partial charge in [-0.1, -0.05) is 6.07 Å². The smallest absolute Gasteiger partial charge is 0.283 e. The maximum absolute atomic E-state index is 10.7. The first kappa shape index (κ1) is 14.6. The van der Waals surface area contributed by atoms with Crippen molar-refractivity contribution in [2.45, 2.75) is 12.6 Å². The van der Waals surface area contributed by atoms with E-state index < -0.39 is 16.9 Å². The van der Waals surface area contributed by atoms with Gasteiger partial charge < -0.3 is 16.2 Å². The van der Waals surface area contributed by atoms with Crippen LogP contribution in [0.4, 0.5) is 5.69 Å². The molecule has 4 N–H and O–H groups in total. The van der Waals surface area contributed by atoms with Crippen LogP contribution in [-0.4, -0.2) is 28.6 Å². The second kappa shape index (κ2) is 6.43. The molecule has 1 aromatic carbocycles. The van der Waals surface area contributed by atoms with Crippen molar-refractivity contribution < 1.29 is 14.8 Å². The Balaban J connectivity index is 2.61. The Labute approximate surface area is 111 Å². The fourth-order valence-corrected chi connectivity index (χ4v) is 1.65. The van der Waals surface area contributed by atoms with Crippen molar-refractivity contribution in [3.8, 4) is 0 Å². The number of primary amides is 1. The summed E-state index contributed by atoms with van der Waals surface area (Å²) < 4.78 is 0.397. The number of aliphatic hydroxyl groups excluding tert-OH is 1. The maximum atomic E-state index is 10.7. The summed E-state index contributed by atoms with van der Waals surface area (Å²) in [5, 5.41) is 22.6. The molecule has 1 atom stereocenters. The van der Waals surface area contributed by atoms with Gasteiger partial charge in [-0.15, -0.1) is 0 Å². The molecule has 0 aromatic heterocycles. The summed E-state index contributed by atoms with van der Waals surface area (Å²) in [5.74, 6) is -0.815.